The Labute approximate surface area is 166 Å². The molecule has 0 aliphatic carbocycles. The minimum absolute atomic E-state index is 0.374. The van der Waals surface area contributed by atoms with Crippen molar-refractivity contribution < 1.29 is 9.47 Å². The average molecular weight is 397 g/mol. The Morgan fingerprint density at radius 1 is 1.08 bits per heavy atom. The Bertz CT molecular complexity index is 708. The maximum absolute atomic E-state index is 6.43. The summed E-state index contributed by atoms with van der Waals surface area (Å²) in [6.07, 6.45) is 1.10. The molecule has 0 aromatic heterocycles. The monoisotopic (exact) mass is 396 g/mol. The van der Waals surface area contributed by atoms with E-state index in [4.69, 9.17) is 32.7 Å². The molecule has 142 valence electrons. The molecule has 0 unspecified atom stereocenters. The van der Waals surface area contributed by atoms with Crippen molar-refractivity contribution >= 4 is 23.2 Å². The largest absolute Gasteiger partial charge is 0.493 e. The van der Waals surface area contributed by atoms with Crippen LogP contribution in [0.2, 0.25) is 10.0 Å². The van der Waals surface area contributed by atoms with E-state index in [0.29, 0.717) is 28.2 Å². The first kappa shape index (κ1) is 20.8. The standard InChI is InChI=1S/C20H26Cl2N2O2/c1-24(2)9-5-8-23-13-16-11-18(22)20(19(12-16)25-3)26-14-15-6-4-7-17(21)10-15/h4,6-7,10-12,23H,5,8-9,13-14H2,1-3H3. The van der Waals surface area contributed by atoms with Crippen LogP contribution in [0.1, 0.15) is 17.5 Å². The van der Waals surface area contributed by atoms with Crippen LogP contribution in [0.3, 0.4) is 0 Å². The normalized spacial score (nSPS) is 11.0. The summed E-state index contributed by atoms with van der Waals surface area (Å²) in [6, 6.07) is 11.4. The summed E-state index contributed by atoms with van der Waals surface area (Å²) in [7, 11) is 5.77. The fraction of sp³-hybridized carbons (Fsp3) is 0.400. The lowest BCUT2D eigenvalue weighted by Gasteiger charge is -2.15. The van der Waals surface area contributed by atoms with E-state index in [1.165, 1.54) is 0 Å². The lowest BCUT2D eigenvalue weighted by Crippen LogP contribution is -2.21. The summed E-state index contributed by atoms with van der Waals surface area (Å²) in [5.41, 5.74) is 2.04. The van der Waals surface area contributed by atoms with Crippen LogP contribution >= 0.6 is 23.2 Å². The Morgan fingerprint density at radius 3 is 2.58 bits per heavy atom. The van der Waals surface area contributed by atoms with E-state index in [9.17, 15) is 0 Å². The van der Waals surface area contributed by atoms with Gasteiger partial charge in [0.05, 0.1) is 12.1 Å². The number of benzene rings is 2. The molecule has 0 spiro atoms. The number of hydrogen-bond donors (Lipinski definition) is 1. The molecule has 1 N–H and O–H groups in total. The van der Waals surface area contributed by atoms with Gasteiger partial charge >= 0.3 is 0 Å². The molecule has 0 saturated heterocycles. The van der Waals surface area contributed by atoms with Crippen LogP contribution in [-0.2, 0) is 13.2 Å². The fourth-order valence-corrected chi connectivity index (χ4v) is 3.05. The van der Waals surface area contributed by atoms with Crippen molar-refractivity contribution in [2.24, 2.45) is 0 Å². The number of hydrogen-bond acceptors (Lipinski definition) is 4. The van der Waals surface area contributed by atoms with Crippen molar-refractivity contribution in [3.63, 3.8) is 0 Å². The van der Waals surface area contributed by atoms with Crippen LogP contribution < -0.4 is 14.8 Å². The number of nitrogens with one attached hydrogen (secondary N) is 1. The van der Waals surface area contributed by atoms with E-state index in [1.807, 2.05) is 36.4 Å². The molecule has 2 rings (SSSR count). The van der Waals surface area contributed by atoms with Crippen molar-refractivity contribution in [2.45, 2.75) is 19.6 Å². The number of ether oxygens (including phenoxy) is 2. The molecule has 0 amide bonds. The Morgan fingerprint density at radius 2 is 1.88 bits per heavy atom. The highest BCUT2D eigenvalue weighted by atomic mass is 35.5. The van der Waals surface area contributed by atoms with Crippen LogP contribution in [0.25, 0.3) is 0 Å². The first-order chi connectivity index (χ1) is 12.5. The van der Waals surface area contributed by atoms with Gasteiger partial charge in [0, 0.05) is 11.6 Å². The number of methoxy groups -OCH3 is 1. The predicted octanol–water partition coefficient (Wildman–Crippen LogP) is 4.62. The summed E-state index contributed by atoms with van der Waals surface area (Å²) in [4.78, 5) is 2.17. The summed E-state index contributed by atoms with van der Waals surface area (Å²) < 4.78 is 11.4. The van der Waals surface area contributed by atoms with E-state index < -0.39 is 0 Å². The van der Waals surface area contributed by atoms with Gasteiger partial charge in [-0.3, -0.25) is 0 Å². The van der Waals surface area contributed by atoms with Gasteiger partial charge in [-0.2, -0.15) is 0 Å². The second-order valence-electron chi connectivity index (χ2n) is 6.36. The Balaban J connectivity index is 1.97. The van der Waals surface area contributed by atoms with E-state index in [1.54, 1.807) is 7.11 Å². The molecule has 2 aromatic carbocycles. The third kappa shape index (κ3) is 6.69. The van der Waals surface area contributed by atoms with Crippen LogP contribution in [-0.4, -0.2) is 39.2 Å². The van der Waals surface area contributed by atoms with Gasteiger partial charge in [0.15, 0.2) is 11.5 Å². The van der Waals surface area contributed by atoms with E-state index in [0.717, 1.165) is 37.2 Å². The molecule has 0 fully saturated rings. The molecule has 0 atom stereocenters. The van der Waals surface area contributed by atoms with Crippen molar-refractivity contribution in [2.75, 3.05) is 34.3 Å². The number of nitrogens with zero attached hydrogens (tertiary/aromatic N) is 1. The molecule has 6 heteroatoms. The average Bonchev–Trinajstić information content (AvgIpc) is 2.60. The lowest BCUT2D eigenvalue weighted by atomic mass is 10.2. The van der Waals surface area contributed by atoms with Gasteiger partial charge in [0.2, 0.25) is 0 Å². The van der Waals surface area contributed by atoms with Crippen molar-refractivity contribution in [3.8, 4) is 11.5 Å². The van der Waals surface area contributed by atoms with E-state index >= 15 is 0 Å². The minimum atomic E-state index is 0.374. The maximum Gasteiger partial charge on any atom is 0.180 e. The highest BCUT2D eigenvalue weighted by Crippen LogP contribution is 2.37. The first-order valence-corrected chi connectivity index (χ1v) is 9.34. The summed E-state index contributed by atoms with van der Waals surface area (Å²) in [5.74, 6) is 1.18. The predicted molar refractivity (Wildman–Crippen MR) is 109 cm³/mol. The van der Waals surface area contributed by atoms with Gasteiger partial charge in [-0.05, 0) is 69.0 Å². The molecule has 4 nitrogen and oxygen atoms in total. The van der Waals surface area contributed by atoms with Gasteiger partial charge < -0.3 is 19.7 Å². The van der Waals surface area contributed by atoms with E-state index in [2.05, 4.69) is 24.3 Å². The quantitative estimate of drug-likeness (QED) is 0.593. The van der Waals surface area contributed by atoms with Crippen molar-refractivity contribution in [1.82, 2.24) is 10.2 Å². The molecule has 2 aromatic rings. The molecule has 26 heavy (non-hydrogen) atoms. The lowest BCUT2D eigenvalue weighted by molar-refractivity contribution is 0.284. The summed E-state index contributed by atoms with van der Waals surface area (Å²) >= 11 is 12.4. The van der Waals surface area contributed by atoms with Gasteiger partial charge in [-0.1, -0.05) is 35.3 Å². The molecular formula is C20H26Cl2N2O2. The molecule has 0 saturated carbocycles. The Hall–Kier alpha value is -1.46. The first-order valence-electron chi connectivity index (χ1n) is 8.58. The zero-order chi connectivity index (χ0) is 18.9. The van der Waals surface area contributed by atoms with Crippen molar-refractivity contribution in [1.29, 1.82) is 0 Å². The van der Waals surface area contributed by atoms with Crippen LogP contribution in [0.5, 0.6) is 11.5 Å². The summed E-state index contributed by atoms with van der Waals surface area (Å²) in [5, 5.41) is 4.64. The Kier molecular flexibility index (Phi) is 8.52. The highest BCUT2D eigenvalue weighted by molar-refractivity contribution is 6.32. The molecule has 0 bridgehead atoms. The molecule has 0 radical (unpaired) electrons. The second-order valence-corrected chi connectivity index (χ2v) is 7.20. The molecule has 0 aliphatic heterocycles. The van der Waals surface area contributed by atoms with Gasteiger partial charge in [0.25, 0.3) is 0 Å². The SMILES string of the molecule is COc1cc(CNCCCN(C)C)cc(Cl)c1OCc1cccc(Cl)c1. The van der Waals surface area contributed by atoms with Gasteiger partial charge in [0.1, 0.15) is 6.61 Å². The molecular weight excluding hydrogens is 371 g/mol. The van der Waals surface area contributed by atoms with Crippen molar-refractivity contribution in [3.05, 3.63) is 57.6 Å². The third-order valence-corrected chi connectivity index (χ3v) is 4.37. The van der Waals surface area contributed by atoms with Gasteiger partial charge in [-0.15, -0.1) is 0 Å². The third-order valence-electron chi connectivity index (χ3n) is 3.85. The van der Waals surface area contributed by atoms with E-state index in [-0.39, 0.29) is 0 Å². The fourth-order valence-electron chi connectivity index (χ4n) is 2.55. The topological polar surface area (TPSA) is 33.7 Å². The zero-order valence-electron chi connectivity index (χ0n) is 15.5. The molecule has 0 heterocycles. The van der Waals surface area contributed by atoms with Crippen LogP contribution in [0, 0.1) is 0 Å². The smallest absolute Gasteiger partial charge is 0.180 e. The highest BCUT2D eigenvalue weighted by Gasteiger charge is 2.12. The number of rotatable bonds is 10. The molecule has 0 aliphatic rings. The maximum atomic E-state index is 6.43. The van der Waals surface area contributed by atoms with Gasteiger partial charge in [-0.25, -0.2) is 0 Å². The number of halogens is 2. The van der Waals surface area contributed by atoms with Crippen LogP contribution in [0.15, 0.2) is 36.4 Å². The zero-order valence-corrected chi connectivity index (χ0v) is 17.0. The summed E-state index contributed by atoms with van der Waals surface area (Å²) in [6.45, 7) is 3.12. The second kappa shape index (κ2) is 10.6. The minimum Gasteiger partial charge on any atom is -0.493 e. The van der Waals surface area contributed by atoms with Crippen LogP contribution in [0.4, 0.5) is 0 Å².